The molecule has 0 aromatic carbocycles. The van der Waals surface area contributed by atoms with Gasteiger partial charge in [0.15, 0.2) is 0 Å². The Labute approximate surface area is 109 Å². The van der Waals surface area contributed by atoms with Gasteiger partial charge < -0.3 is 14.2 Å². The lowest BCUT2D eigenvalue weighted by molar-refractivity contribution is 0.0224. The third-order valence-corrected chi connectivity index (χ3v) is 2.75. The molecule has 18 heavy (non-hydrogen) atoms. The molecule has 0 bridgehead atoms. The SMILES string of the molecule is [B]c1c2c(nn1[B])CCN(C(=O)OC(C)(C)C)C2. The second kappa shape index (κ2) is 4.37. The van der Waals surface area contributed by atoms with Gasteiger partial charge in [0.25, 0.3) is 7.98 Å². The van der Waals surface area contributed by atoms with Crippen molar-refractivity contribution in [2.45, 2.75) is 39.3 Å². The van der Waals surface area contributed by atoms with Crippen LogP contribution in [0.15, 0.2) is 0 Å². The van der Waals surface area contributed by atoms with E-state index in [4.69, 9.17) is 20.6 Å². The predicted octanol–water partition coefficient (Wildman–Crippen LogP) is -0.0983. The Morgan fingerprint density at radius 3 is 2.72 bits per heavy atom. The van der Waals surface area contributed by atoms with Gasteiger partial charge in [-0.3, -0.25) is 0 Å². The topological polar surface area (TPSA) is 47.4 Å². The smallest absolute Gasteiger partial charge is 0.410 e. The number of hydrogen-bond acceptors (Lipinski definition) is 3. The van der Waals surface area contributed by atoms with Crippen molar-refractivity contribution in [1.29, 1.82) is 0 Å². The van der Waals surface area contributed by atoms with Crippen LogP contribution in [-0.2, 0) is 17.7 Å². The van der Waals surface area contributed by atoms with E-state index in [0.717, 1.165) is 15.9 Å². The number of nitrogens with zero attached hydrogens (tertiary/aromatic N) is 3. The summed E-state index contributed by atoms with van der Waals surface area (Å²) in [5.74, 6) is 0. The molecule has 0 fully saturated rings. The molecule has 0 atom stereocenters. The number of fused-ring (bicyclic) bond motifs is 1. The van der Waals surface area contributed by atoms with Gasteiger partial charge in [-0.1, -0.05) is 0 Å². The molecule has 0 saturated heterocycles. The lowest BCUT2D eigenvalue weighted by atomic mass is 9.93. The molecular formula is C11H15B2N3O2. The van der Waals surface area contributed by atoms with Crippen molar-refractivity contribution in [1.82, 2.24) is 14.6 Å². The molecule has 2 heterocycles. The highest BCUT2D eigenvalue weighted by molar-refractivity contribution is 6.34. The molecule has 1 aromatic rings. The zero-order valence-electron chi connectivity index (χ0n) is 10.9. The van der Waals surface area contributed by atoms with Crippen molar-refractivity contribution in [2.24, 2.45) is 0 Å². The van der Waals surface area contributed by atoms with Crippen LogP contribution in [0, 0.1) is 0 Å². The molecule has 0 unspecified atom stereocenters. The maximum Gasteiger partial charge on any atom is 0.410 e. The van der Waals surface area contributed by atoms with Crippen molar-refractivity contribution in [3.63, 3.8) is 0 Å². The van der Waals surface area contributed by atoms with Crippen LogP contribution in [0.1, 0.15) is 32.0 Å². The lowest BCUT2D eigenvalue weighted by Crippen LogP contribution is -2.41. The van der Waals surface area contributed by atoms with Gasteiger partial charge in [-0.2, -0.15) is 5.10 Å². The van der Waals surface area contributed by atoms with Crippen LogP contribution in [0.5, 0.6) is 0 Å². The van der Waals surface area contributed by atoms with Crippen LogP contribution in [0.4, 0.5) is 4.79 Å². The quantitative estimate of drug-likeness (QED) is 0.598. The first-order chi connectivity index (χ1) is 8.28. The van der Waals surface area contributed by atoms with Crippen LogP contribution in [0.3, 0.4) is 0 Å². The first-order valence-electron chi connectivity index (χ1n) is 5.87. The van der Waals surface area contributed by atoms with E-state index in [1.54, 1.807) is 4.90 Å². The maximum absolute atomic E-state index is 11.9. The summed E-state index contributed by atoms with van der Waals surface area (Å²) in [7, 11) is 11.4. The number of hydrogen-bond donors (Lipinski definition) is 0. The Bertz CT molecular complexity index is 479. The van der Waals surface area contributed by atoms with Crippen LogP contribution in [-0.4, -0.2) is 48.7 Å². The Kier molecular flexibility index (Phi) is 3.17. The van der Waals surface area contributed by atoms with E-state index >= 15 is 0 Å². The van der Waals surface area contributed by atoms with Gasteiger partial charge in [-0.15, -0.1) is 0 Å². The van der Waals surface area contributed by atoms with Gasteiger partial charge in [-0.25, -0.2) is 4.79 Å². The van der Waals surface area contributed by atoms with E-state index in [1.807, 2.05) is 20.8 Å². The minimum Gasteiger partial charge on any atom is -0.444 e. The average molecular weight is 243 g/mol. The summed E-state index contributed by atoms with van der Waals surface area (Å²) in [4.78, 5) is 13.6. The normalized spacial score (nSPS) is 15.4. The summed E-state index contributed by atoms with van der Waals surface area (Å²) in [5.41, 5.74) is 1.57. The summed E-state index contributed by atoms with van der Waals surface area (Å²) in [5, 5.41) is 4.11. The molecule has 0 N–H and O–H groups in total. The van der Waals surface area contributed by atoms with Gasteiger partial charge >= 0.3 is 6.09 Å². The zero-order chi connectivity index (χ0) is 13.5. The molecule has 2 rings (SSSR count). The molecule has 1 aliphatic heterocycles. The minimum atomic E-state index is -0.499. The first-order valence-corrected chi connectivity index (χ1v) is 5.87. The van der Waals surface area contributed by atoms with Crippen molar-refractivity contribution in [3.8, 4) is 0 Å². The molecule has 1 amide bonds. The van der Waals surface area contributed by atoms with Crippen molar-refractivity contribution >= 4 is 27.5 Å². The average Bonchev–Trinajstić information content (AvgIpc) is 2.52. The van der Waals surface area contributed by atoms with Crippen molar-refractivity contribution in [3.05, 3.63) is 11.3 Å². The summed E-state index contributed by atoms with van der Waals surface area (Å²) < 4.78 is 6.48. The van der Waals surface area contributed by atoms with Gasteiger partial charge in [-0.05, 0) is 26.4 Å². The van der Waals surface area contributed by atoms with E-state index < -0.39 is 5.60 Å². The molecule has 1 aromatic heterocycles. The third kappa shape index (κ3) is 2.54. The largest absolute Gasteiger partial charge is 0.444 e. The first kappa shape index (κ1) is 13.1. The van der Waals surface area contributed by atoms with Crippen LogP contribution in [0.25, 0.3) is 0 Å². The number of carbonyl (C=O) groups is 1. The minimum absolute atomic E-state index is 0.336. The number of rotatable bonds is 0. The molecule has 0 saturated carbocycles. The molecule has 0 spiro atoms. The second-order valence-corrected chi connectivity index (χ2v) is 5.41. The van der Waals surface area contributed by atoms with E-state index in [0.29, 0.717) is 25.1 Å². The summed E-state index contributed by atoms with van der Waals surface area (Å²) >= 11 is 0. The van der Waals surface area contributed by atoms with E-state index in [9.17, 15) is 4.79 Å². The van der Waals surface area contributed by atoms with Crippen molar-refractivity contribution in [2.75, 3.05) is 6.54 Å². The Hall–Kier alpha value is -1.39. The molecule has 7 heteroatoms. The number of amides is 1. The fourth-order valence-corrected chi connectivity index (χ4v) is 1.90. The maximum atomic E-state index is 11.9. The molecule has 4 radical (unpaired) electrons. The monoisotopic (exact) mass is 243 g/mol. The molecule has 1 aliphatic rings. The van der Waals surface area contributed by atoms with Gasteiger partial charge in [0.2, 0.25) is 0 Å². The fourth-order valence-electron chi connectivity index (χ4n) is 1.90. The highest BCUT2D eigenvalue weighted by atomic mass is 16.6. The Morgan fingerprint density at radius 1 is 1.44 bits per heavy atom. The summed E-state index contributed by atoms with van der Waals surface area (Å²) in [6.45, 7) is 6.48. The van der Waals surface area contributed by atoms with Crippen molar-refractivity contribution < 1.29 is 9.53 Å². The van der Waals surface area contributed by atoms with Crippen LogP contribution in [0.2, 0.25) is 0 Å². The van der Waals surface area contributed by atoms with Crippen LogP contribution >= 0.6 is 0 Å². The van der Waals surface area contributed by atoms with Crippen LogP contribution < -0.4 is 5.59 Å². The van der Waals surface area contributed by atoms with Gasteiger partial charge in [0.1, 0.15) is 13.4 Å². The number of ether oxygens (including phenoxy) is 1. The molecular weight excluding hydrogens is 228 g/mol. The highest BCUT2D eigenvalue weighted by Crippen LogP contribution is 2.18. The molecule has 92 valence electrons. The molecule has 0 aliphatic carbocycles. The van der Waals surface area contributed by atoms with Gasteiger partial charge in [0.05, 0.1) is 12.2 Å². The Morgan fingerprint density at radius 2 is 2.11 bits per heavy atom. The highest BCUT2D eigenvalue weighted by Gasteiger charge is 2.27. The van der Waals surface area contributed by atoms with E-state index in [1.165, 1.54) is 0 Å². The third-order valence-electron chi connectivity index (χ3n) is 2.75. The van der Waals surface area contributed by atoms with E-state index in [2.05, 4.69) is 5.10 Å². The number of carbonyl (C=O) groups excluding carboxylic acids is 1. The Balaban J connectivity index is 2.12. The zero-order valence-corrected chi connectivity index (χ0v) is 10.9. The van der Waals surface area contributed by atoms with E-state index in [-0.39, 0.29) is 6.09 Å². The fraction of sp³-hybridized carbons (Fsp3) is 0.636. The standard InChI is InChI=1S/C11H15B2N3O2/c1-11(2,3)18-10(17)15-5-4-8-7(6-15)9(12)16(13)14-8/h4-6H2,1-3H3. The predicted molar refractivity (Wildman–Crippen MR) is 69.1 cm³/mol. The summed E-state index contributed by atoms with van der Waals surface area (Å²) in [6, 6.07) is 0. The summed E-state index contributed by atoms with van der Waals surface area (Å²) in [6.07, 6.45) is 0.306. The lowest BCUT2D eigenvalue weighted by Gasteiger charge is -2.30. The van der Waals surface area contributed by atoms with Gasteiger partial charge in [0, 0.05) is 18.5 Å². The second-order valence-electron chi connectivity index (χ2n) is 5.41. The number of aromatic nitrogens is 2. The molecule has 5 nitrogen and oxygen atoms in total.